The Kier molecular flexibility index (Phi) is 7.82. The van der Waals surface area contributed by atoms with Gasteiger partial charge in [-0.2, -0.15) is 0 Å². The van der Waals surface area contributed by atoms with Crippen molar-refractivity contribution < 1.29 is 0 Å². The predicted molar refractivity (Wildman–Crippen MR) is 141 cm³/mol. The van der Waals surface area contributed by atoms with Crippen molar-refractivity contribution in [3.63, 3.8) is 0 Å². The van der Waals surface area contributed by atoms with Crippen molar-refractivity contribution >= 4 is 52.2 Å². The zero-order valence-corrected chi connectivity index (χ0v) is 21.5. The lowest BCUT2D eigenvalue weighted by Crippen LogP contribution is -2.16. The molecule has 0 saturated heterocycles. The Balaban J connectivity index is 2.06. The van der Waals surface area contributed by atoms with Crippen molar-refractivity contribution in [3.05, 3.63) is 57.2 Å². The minimum atomic E-state index is -1.41. The summed E-state index contributed by atoms with van der Waals surface area (Å²) in [5.74, 6) is 3.54. The zero-order chi connectivity index (χ0) is 20.9. The van der Waals surface area contributed by atoms with Gasteiger partial charge in [-0.3, -0.25) is 0 Å². The summed E-state index contributed by atoms with van der Waals surface area (Å²) in [6, 6.07) is 15.8. The Morgan fingerprint density at radius 1 is 0.793 bits per heavy atom. The van der Waals surface area contributed by atoms with E-state index in [0.29, 0.717) is 0 Å². The van der Waals surface area contributed by atoms with E-state index in [1.165, 1.54) is 74.8 Å². The molecule has 3 aromatic rings. The molecule has 0 N–H and O–H groups in total. The molecule has 29 heavy (non-hydrogen) atoms. The van der Waals surface area contributed by atoms with Gasteiger partial charge in [0.15, 0.2) is 0 Å². The fourth-order valence-corrected chi connectivity index (χ4v) is 5.10. The Morgan fingerprint density at radius 2 is 1.45 bits per heavy atom. The number of aryl methyl sites for hydroxylation is 1. The number of hydrogen-bond acceptors (Lipinski definition) is 0. The SMILES string of the molecule is CCCCCCCCc1c2cccc(I)c2cc2c(C#C[Si](C)(C)C)cccc12. The Morgan fingerprint density at radius 3 is 2.17 bits per heavy atom. The number of hydrogen-bond donors (Lipinski definition) is 0. The van der Waals surface area contributed by atoms with Gasteiger partial charge < -0.3 is 0 Å². The molecule has 0 aliphatic rings. The molecular weight excluding hydrogens is 479 g/mol. The Labute approximate surface area is 191 Å². The molecule has 0 aliphatic carbocycles. The summed E-state index contributed by atoms with van der Waals surface area (Å²) < 4.78 is 1.33. The topological polar surface area (TPSA) is 0 Å². The van der Waals surface area contributed by atoms with E-state index in [9.17, 15) is 0 Å². The maximum Gasteiger partial charge on any atom is 0.129 e. The van der Waals surface area contributed by atoms with Gasteiger partial charge in [-0.1, -0.05) is 88.9 Å². The lowest BCUT2D eigenvalue weighted by Gasteiger charge is -2.14. The van der Waals surface area contributed by atoms with Gasteiger partial charge in [0.2, 0.25) is 0 Å². The number of fused-ring (bicyclic) bond motifs is 2. The Hall–Kier alpha value is -1.31. The van der Waals surface area contributed by atoms with Crippen LogP contribution in [0.2, 0.25) is 19.6 Å². The van der Waals surface area contributed by atoms with Crippen LogP contribution in [0.5, 0.6) is 0 Å². The molecule has 0 saturated carbocycles. The van der Waals surface area contributed by atoms with Crippen LogP contribution in [0.15, 0.2) is 42.5 Å². The fraction of sp³-hybridized carbons (Fsp3) is 0.407. The van der Waals surface area contributed by atoms with E-state index in [2.05, 4.69) is 103 Å². The summed E-state index contributed by atoms with van der Waals surface area (Å²) in [6.45, 7) is 9.22. The molecule has 0 unspecified atom stereocenters. The van der Waals surface area contributed by atoms with Gasteiger partial charge in [0.05, 0.1) is 0 Å². The van der Waals surface area contributed by atoms with Crippen molar-refractivity contribution in [1.29, 1.82) is 0 Å². The molecule has 0 radical (unpaired) electrons. The first kappa shape index (κ1) is 22.4. The highest BCUT2D eigenvalue weighted by atomic mass is 127. The predicted octanol–water partition coefficient (Wildman–Crippen LogP) is 8.73. The second-order valence-corrected chi connectivity index (χ2v) is 15.0. The van der Waals surface area contributed by atoms with E-state index < -0.39 is 8.07 Å². The highest BCUT2D eigenvalue weighted by Crippen LogP contribution is 2.34. The van der Waals surface area contributed by atoms with Gasteiger partial charge in [-0.05, 0) is 80.7 Å². The normalized spacial score (nSPS) is 11.6. The molecule has 0 atom stereocenters. The number of unbranched alkanes of at least 4 members (excludes halogenated alkanes) is 5. The van der Waals surface area contributed by atoms with E-state index in [4.69, 9.17) is 0 Å². The molecule has 0 fully saturated rings. The molecule has 0 spiro atoms. The highest BCUT2D eigenvalue weighted by molar-refractivity contribution is 14.1. The van der Waals surface area contributed by atoms with Crippen LogP contribution < -0.4 is 0 Å². The minimum absolute atomic E-state index is 1.16. The molecule has 0 aromatic heterocycles. The molecule has 0 bridgehead atoms. The van der Waals surface area contributed by atoms with Crippen LogP contribution in [0, 0.1) is 15.0 Å². The lowest BCUT2D eigenvalue weighted by atomic mass is 9.91. The average molecular weight is 513 g/mol. The van der Waals surface area contributed by atoms with Gasteiger partial charge in [-0.25, -0.2) is 0 Å². The molecule has 3 aromatic carbocycles. The number of rotatable bonds is 7. The second kappa shape index (κ2) is 10.1. The van der Waals surface area contributed by atoms with Crippen LogP contribution in [-0.4, -0.2) is 8.07 Å². The van der Waals surface area contributed by atoms with Crippen molar-refractivity contribution in [2.24, 2.45) is 0 Å². The van der Waals surface area contributed by atoms with Crippen LogP contribution in [0.3, 0.4) is 0 Å². The molecule has 2 heteroatoms. The molecule has 0 heterocycles. The van der Waals surface area contributed by atoms with Crippen LogP contribution in [-0.2, 0) is 6.42 Å². The smallest absolute Gasteiger partial charge is 0.127 e. The van der Waals surface area contributed by atoms with Gasteiger partial charge in [0.1, 0.15) is 8.07 Å². The maximum atomic E-state index is 3.57. The summed E-state index contributed by atoms with van der Waals surface area (Å²) in [5.41, 5.74) is 6.28. The monoisotopic (exact) mass is 512 g/mol. The first-order valence-electron chi connectivity index (χ1n) is 11.1. The van der Waals surface area contributed by atoms with Crippen LogP contribution >= 0.6 is 22.6 Å². The largest absolute Gasteiger partial charge is 0.129 e. The third-order valence-electron chi connectivity index (χ3n) is 5.45. The Bertz CT molecular complexity index is 1050. The lowest BCUT2D eigenvalue weighted by molar-refractivity contribution is 0.609. The van der Waals surface area contributed by atoms with Gasteiger partial charge in [0.25, 0.3) is 0 Å². The van der Waals surface area contributed by atoms with Gasteiger partial charge >= 0.3 is 0 Å². The van der Waals surface area contributed by atoms with E-state index in [1.54, 1.807) is 0 Å². The standard InChI is InChI=1S/C27H33ISi/c1-5-6-7-8-9-10-14-22-23-15-11-13-21(18-19-29(2,3)4)25(23)20-26-24(22)16-12-17-27(26)28/h11-13,15-17,20H,5-10,14H2,1-4H3. The number of halogens is 1. The third-order valence-corrected chi connectivity index (χ3v) is 7.27. The maximum absolute atomic E-state index is 3.57. The van der Waals surface area contributed by atoms with Crippen LogP contribution in [0.25, 0.3) is 21.5 Å². The van der Waals surface area contributed by atoms with Crippen molar-refractivity contribution in [1.82, 2.24) is 0 Å². The summed E-state index contributed by atoms with van der Waals surface area (Å²) in [4.78, 5) is 0. The van der Waals surface area contributed by atoms with Crippen molar-refractivity contribution in [2.45, 2.75) is 71.5 Å². The van der Waals surface area contributed by atoms with Crippen molar-refractivity contribution in [3.8, 4) is 11.5 Å². The van der Waals surface area contributed by atoms with E-state index in [-0.39, 0.29) is 0 Å². The summed E-state index contributed by atoms with van der Waals surface area (Å²) in [7, 11) is -1.41. The quantitative estimate of drug-likeness (QED) is 0.0976. The summed E-state index contributed by atoms with van der Waals surface area (Å²) >= 11 is 2.48. The van der Waals surface area contributed by atoms with E-state index in [0.717, 1.165) is 6.42 Å². The molecule has 0 aliphatic heterocycles. The molecule has 3 rings (SSSR count). The zero-order valence-electron chi connectivity index (χ0n) is 18.4. The first-order valence-corrected chi connectivity index (χ1v) is 15.6. The molecule has 152 valence electrons. The summed E-state index contributed by atoms with van der Waals surface area (Å²) in [6.07, 6.45) is 9.18. The molecule has 0 amide bonds. The molecule has 0 nitrogen and oxygen atoms in total. The fourth-order valence-electron chi connectivity index (χ4n) is 3.94. The third kappa shape index (κ3) is 5.86. The van der Waals surface area contributed by atoms with E-state index >= 15 is 0 Å². The highest BCUT2D eigenvalue weighted by Gasteiger charge is 2.12. The van der Waals surface area contributed by atoms with Gasteiger partial charge in [0, 0.05) is 9.13 Å². The van der Waals surface area contributed by atoms with Gasteiger partial charge in [-0.15, -0.1) is 5.54 Å². The van der Waals surface area contributed by atoms with Crippen LogP contribution in [0.4, 0.5) is 0 Å². The molecular formula is C27H33ISi. The first-order chi connectivity index (χ1) is 13.9. The van der Waals surface area contributed by atoms with Crippen LogP contribution in [0.1, 0.15) is 56.6 Å². The average Bonchev–Trinajstić information content (AvgIpc) is 2.68. The van der Waals surface area contributed by atoms with E-state index in [1.807, 2.05) is 0 Å². The second-order valence-electron chi connectivity index (χ2n) is 9.11. The number of benzene rings is 3. The summed E-state index contributed by atoms with van der Waals surface area (Å²) in [5, 5.41) is 5.53. The van der Waals surface area contributed by atoms with Crippen molar-refractivity contribution in [2.75, 3.05) is 0 Å². The minimum Gasteiger partial charge on any atom is -0.127 e.